The standard InChI is InChI=1S/C8H12N2O3/c1-10(8(11)12)5-7-3-2-6(4-9)13-7/h2-3H,4-5,9H2,1H3,(H,11,12). The lowest BCUT2D eigenvalue weighted by Gasteiger charge is -2.09. The molecule has 0 unspecified atom stereocenters. The Morgan fingerprint density at radius 1 is 1.62 bits per heavy atom. The molecule has 0 radical (unpaired) electrons. The number of amides is 1. The third kappa shape index (κ3) is 2.48. The van der Waals surface area contributed by atoms with Crippen molar-refractivity contribution >= 4 is 6.09 Å². The third-order valence-electron chi connectivity index (χ3n) is 1.64. The highest BCUT2D eigenvalue weighted by atomic mass is 16.4. The molecule has 0 aliphatic carbocycles. The number of rotatable bonds is 3. The number of hydrogen-bond donors (Lipinski definition) is 2. The molecule has 0 fully saturated rings. The molecule has 5 heteroatoms. The summed E-state index contributed by atoms with van der Waals surface area (Å²) in [6, 6.07) is 3.46. The Kier molecular flexibility index (Phi) is 2.92. The van der Waals surface area contributed by atoms with Gasteiger partial charge in [-0.2, -0.15) is 0 Å². The normalized spacial score (nSPS) is 10.0. The summed E-state index contributed by atoms with van der Waals surface area (Å²) in [4.78, 5) is 11.6. The van der Waals surface area contributed by atoms with Gasteiger partial charge < -0.3 is 20.2 Å². The first-order valence-corrected chi connectivity index (χ1v) is 3.85. The second-order valence-electron chi connectivity index (χ2n) is 2.71. The molecule has 1 aromatic heterocycles. The van der Waals surface area contributed by atoms with E-state index in [9.17, 15) is 4.79 Å². The van der Waals surface area contributed by atoms with Crippen molar-refractivity contribution in [1.82, 2.24) is 4.90 Å². The van der Waals surface area contributed by atoms with Crippen LogP contribution in [0.5, 0.6) is 0 Å². The van der Waals surface area contributed by atoms with Crippen molar-refractivity contribution in [3.05, 3.63) is 23.7 Å². The summed E-state index contributed by atoms with van der Waals surface area (Å²) < 4.78 is 5.22. The van der Waals surface area contributed by atoms with Crippen molar-refractivity contribution in [1.29, 1.82) is 0 Å². The summed E-state index contributed by atoms with van der Waals surface area (Å²) in [7, 11) is 1.48. The lowest BCUT2D eigenvalue weighted by atomic mass is 10.4. The van der Waals surface area contributed by atoms with Crippen molar-refractivity contribution in [3.8, 4) is 0 Å². The number of nitrogens with zero attached hydrogens (tertiary/aromatic N) is 1. The Morgan fingerprint density at radius 2 is 2.23 bits per heavy atom. The maximum absolute atomic E-state index is 10.4. The second kappa shape index (κ2) is 3.95. The minimum Gasteiger partial charge on any atom is -0.465 e. The van der Waals surface area contributed by atoms with Crippen LogP contribution in [-0.4, -0.2) is 23.1 Å². The van der Waals surface area contributed by atoms with Crippen LogP contribution in [0.2, 0.25) is 0 Å². The van der Waals surface area contributed by atoms with E-state index in [0.717, 1.165) is 4.90 Å². The molecule has 0 aromatic carbocycles. The first-order valence-electron chi connectivity index (χ1n) is 3.85. The molecule has 0 aliphatic rings. The molecule has 72 valence electrons. The maximum atomic E-state index is 10.4. The van der Waals surface area contributed by atoms with Gasteiger partial charge in [-0.25, -0.2) is 4.79 Å². The summed E-state index contributed by atoms with van der Waals surface area (Å²) in [6.45, 7) is 0.576. The van der Waals surface area contributed by atoms with E-state index in [-0.39, 0.29) is 6.54 Å². The van der Waals surface area contributed by atoms with Gasteiger partial charge in [0.15, 0.2) is 0 Å². The van der Waals surface area contributed by atoms with Crippen LogP contribution in [0.4, 0.5) is 4.79 Å². The van der Waals surface area contributed by atoms with E-state index in [2.05, 4.69) is 0 Å². The Hall–Kier alpha value is -1.49. The van der Waals surface area contributed by atoms with Gasteiger partial charge in [-0.15, -0.1) is 0 Å². The van der Waals surface area contributed by atoms with Crippen molar-refractivity contribution in [2.24, 2.45) is 5.73 Å². The average molecular weight is 184 g/mol. The van der Waals surface area contributed by atoms with Crippen molar-refractivity contribution in [2.45, 2.75) is 13.1 Å². The van der Waals surface area contributed by atoms with Gasteiger partial charge in [0.05, 0.1) is 13.1 Å². The largest absolute Gasteiger partial charge is 0.465 e. The molecular weight excluding hydrogens is 172 g/mol. The van der Waals surface area contributed by atoms with E-state index in [1.54, 1.807) is 12.1 Å². The fourth-order valence-electron chi connectivity index (χ4n) is 0.918. The van der Waals surface area contributed by atoms with E-state index in [0.29, 0.717) is 18.1 Å². The van der Waals surface area contributed by atoms with Crippen LogP contribution in [0.3, 0.4) is 0 Å². The van der Waals surface area contributed by atoms with Gasteiger partial charge in [-0.3, -0.25) is 0 Å². The second-order valence-corrected chi connectivity index (χ2v) is 2.71. The van der Waals surface area contributed by atoms with E-state index < -0.39 is 6.09 Å². The molecule has 1 aromatic rings. The monoisotopic (exact) mass is 184 g/mol. The Labute approximate surface area is 75.7 Å². The Balaban J connectivity index is 2.58. The topological polar surface area (TPSA) is 79.7 Å². The highest BCUT2D eigenvalue weighted by Crippen LogP contribution is 2.08. The van der Waals surface area contributed by atoms with Crippen molar-refractivity contribution in [2.75, 3.05) is 7.05 Å². The van der Waals surface area contributed by atoms with Crippen LogP contribution in [0.1, 0.15) is 11.5 Å². The van der Waals surface area contributed by atoms with Crippen LogP contribution in [-0.2, 0) is 13.1 Å². The molecule has 0 atom stereocenters. The summed E-state index contributed by atoms with van der Waals surface area (Å²) in [5.74, 6) is 1.26. The summed E-state index contributed by atoms with van der Waals surface area (Å²) >= 11 is 0. The van der Waals surface area contributed by atoms with Gasteiger partial charge >= 0.3 is 6.09 Å². The van der Waals surface area contributed by atoms with Crippen LogP contribution in [0.15, 0.2) is 16.5 Å². The molecule has 13 heavy (non-hydrogen) atoms. The Bertz CT molecular complexity index is 295. The van der Waals surface area contributed by atoms with E-state index >= 15 is 0 Å². The lowest BCUT2D eigenvalue weighted by molar-refractivity contribution is 0.150. The quantitative estimate of drug-likeness (QED) is 0.729. The number of furan rings is 1. The zero-order valence-corrected chi connectivity index (χ0v) is 7.36. The number of nitrogens with two attached hydrogens (primary N) is 1. The predicted octanol–water partition coefficient (Wildman–Crippen LogP) is 0.848. The van der Waals surface area contributed by atoms with E-state index in [1.807, 2.05) is 0 Å². The van der Waals surface area contributed by atoms with Gasteiger partial charge in [0, 0.05) is 7.05 Å². The van der Waals surface area contributed by atoms with Crippen molar-refractivity contribution < 1.29 is 14.3 Å². The summed E-state index contributed by atoms with van der Waals surface area (Å²) in [5, 5.41) is 8.57. The highest BCUT2D eigenvalue weighted by Gasteiger charge is 2.08. The molecule has 0 saturated heterocycles. The fourth-order valence-corrected chi connectivity index (χ4v) is 0.918. The molecule has 5 nitrogen and oxygen atoms in total. The van der Waals surface area contributed by atoms with Crippen LogP contribution in [0, 0.1) is 0 Å². The van der Waals surface area contributed by atoms with Gasteiger partial charge in [-0.05, 0) is 12.1 Å². The van der Waals surface area contributed by atoms with Crippen LogP contribution >= 0.6 is 0 Å². The number of carbonyl (C=O) groups is 1. The van der Waals surface area contributed by atoms with Gasteiger partial charge in [0.2, 0.25) is 0 Å². The molecule has 1 heterocycles. The first kappa shape index (κ1) is 9.60. The summed E-state index contributed by atoms with van der Waals surface area (Å²) in [6.07, 6.45) is -0.981. The fraction of sp³-hybridized carbons (Fsp3) is 0.375. The minimum absolute atomic E-state index is 0.245. The smallest absolute Gasteiger partial charge is 0.407 e. The van der Waals surface area contributed by atoms with E-state index in [1.165, 1.54) is 7.05 Å². The van der Waals surface area contributed by atoms with E-state index in [4.69, 9.17) is 15.3 Å². The van der Waals surface area contributed by atoms with Crippen molar-refractivity contribution in [3.63, 3.8) is 0 Å². The molecule has 0 saturated carbocycles. The summed E-state index contributed by atoms with van der Waals surface area (Å²) in [5.41, 5.74) is 5.33. The highest BCUT2D eigenvalue weighted by molar-refractivity contribution is 5.64. The predicted molar refractivity (Wildman–Crippen MR) is 46.1 cm³/mol. The van der Waals surface area contributed by atoms with Crippen LogP contribution < -0.4 is 5.73 Å². The maximum Gasteiger partial charge on any atom is 0.407 e. The Morgan fingerprint density at radius 3 is 2.69 bits per heavy atom. The van der Waals surface area contributed by atoms with Gasteiger partial charge in [0.1, 0.15) is 11.5 Å². The van der Waals surface area contributed by atoms with Gasteiger partial charge in [-0.1, -0.05) is 0 Å². The lowest BCUT2D eigenvalue weighted by Crippen LogP contribution is -2.23. The molecule has 0 spiro atoms. The SMILES string of the molecule is CN(Cc1ccc(CN)o1)C(=O)O. The average Bonchev–Trinajstić information content (AvgIpc) is 2.52. The molecule has 1 rings (SSSR count). The minimum atomic E-state index is -0.981. The number of carboxylic acid groups (broad SMARTS) is 1. The number of hydrogen-bond acceptors (Lipinski definition) is 3. The van der Waals surface area contributed by atoms with Gasteiger partial charge in [0.25, 0.3) is 0 Å². The molecule has 3 N–H and O–H groups in total. The zero-order chi connectivity index (χ0) is 9.84. The molecular formula is C8H12N2O3. The van der Waals surface area contributed by atoms with Crippen LogP contribution in [0.25, 0.3) is 0 Å². The third-order valence-corrected chi connectivity index (χ3v) is 1.64. The molecule has 0 bridgehead atoms. The molecule has 0 aliphatic heterocycles. The zero-order valence-electron chi connectivity index (χ0n) is 7.36. The first-order chi connectivity index (χ1) is 6.13. The molecule has 1 amide bonds.